The summed E-state index contributed by atoms with van der Waals surface area (Å²) in [6.45, 7) is 1.75. The van der Waals surface area contributed by atoms with Crippen LogP contribution in [0.4, 0.5) is 5.69 Å². The normalized spacial score (nSPS) is 11.1. The van der Waals surface area contributed by atoms with Gasteiger partial charge in [0.1, 0.15) is 0 Å². The van der Waals surface area contributed by atoms with Crippen LogP contribution in [0.3, 0.4) is 0 Å². The third-order valence-electron chi connectivity index (χ3n) is 3.71. The maximum absolute atomic E-state index is 12.3. The molecule has 2 N–H and O–H groups in total. The summed E-state index contributed by atoms with van der Waals surface area (Å²) in [5.41, 5.74) is 4.88. The van der Waals surface area contributed by atoms with Crippen molar-refractivity contribution in [1.29, 1.82) is 0 Å². The second kappa shape index (κ2) is 8.33. The van der Waals surface area contributed by atoms with Gasteiger partial charge >= 0.3 is 5.91 Å². The molecule has 0 aliphatic heterocycles. The zero-order valence-electron chi connectivity index (χ0n) is 14.4. The minimum atomic E-state index is -0.438. The quantitative estimate of drug-likeness (QED) is 0.509. The molecular formula is C20H16ClN3O3. The molecule has 1 heterocycles. The van der Waals surface area contributed by atoms with Crippen LogP contribution in [0.2, 0.25) is 5.02 Å². The van der Waals surface area contributed by atoms with Crippen molar-refractivity contribution in [3.05, 3.63) is 88.8 Å². The number of nitrogens with zero attached hydrogens (tertiary/aromatic N) is 1. The van der Waals surface area contributed by atoms with Gasteiger partial charge in [0.05, 0.1) is 12.0 Å². The SMILES string of the molecule is C/C(=N/NC(=O)c1ccco1)c1cccc(NC(=O)c2ccc(Cl)cc2)c1. The van der Waals surface area contributed by atoms with Gasteiger partial charge < -0.3 is 9.73 Å². The number of benzene rings is 2. The van der Waals surface area contributed by atoms with Crippen LogP contribution in [0.5, 0.6) is 0 Å². The lowest BCUT2D eigenvalue weighted by atomic mass is 10.1. The first-order valence-electron chi connectivity index (χ1n) is 8.08. The maximum Gasteiger partial charge on any atom is 0.307 e. The molecular weight excluding hydrogens is 366 g/mol. The van der Waals surface area contributed by atoms with E-state index in [0.717, 1.165) is 5.56 Å². The Balaban J connectivity index is 1.69. The summed E-state index contributed by atoms with van der Waals surface area (Å²) >= 11 is 5.84. The van der Waals surface area contributed by atoms with Gasteiger partial charge in [-0.2, -0.15) is 5.10 Å². The van der Waals surface area contributed by atoms with Gasteiger partial charge in [-0.25, -0.2) is 5.43 Å². The first-order chi connectivity index (χ1) is 13.0. The fourth-order valence-electron chi connectivity index (χ4n) is 2.29. The molecule has 0 spiro atoms. The molecule has 0 aliphatic rings. The molecule has 0 saturated heterocycles. The Morgan fingerprint density at radius 2 is 1.74 bits per heavy atom. The predicted octanol–water partition coefficient (Wildman–Crippen LogP) is 4.34. The van der Waals surface area contributed by atoms with Crippen LogP contribution < -0.4 is 10.7 Å². The maximum atomic E-state index is 12.3. The standard InChI is InChI=1S/C20H16ClN3O3/c1-13(23-24-20(26)18-6-3-11-27-18)15-4-2-5-17(12-15)22-19(25)14-7-9-16(21)10-8-14/h2-12H,1H3,(H,22,25)(H,24,26)/b23-13-. The predicted molar refractivity (Wildman–Crippen MR) is 104 cm³/mol. The molecule has 0 bridgehead atoms. The highest BCUT2D eigenvalue weighted by atomic mass is 35.5. The van der Waals surface area contributed by atoms with Crippen molar-refractivity contribution in [2.24, 2.45) is 5.10 Å². The van der Waals surface area contributed by atoms with E-state index in [2.05, 4.69) is 15.8 Å². The van der Waals surface area contributed by atoms with Crippen LogP contribution in [0, 0.1) is 0 Å². The van der Waals surface area contributed by atoms with E-state index in [1.165, 1.54) is 6.26 Å². The molecule has 27 heavy (non-hydrogen) atoms. The van der Waals surface area contributed by atoms with Crippen molar-refractivity contribution in [3.8, 4) is 0 Å². The summed E-state index contributed by atoms with van der Waals surface area (Å²) in [4.78, 5) is 24.2. The first-order valence-corrected chi connectivity index (χ1v) is 8.46. The third-order valence-corrected chi connectivity index (χ3v) is 3.97. The lowest BCUT2D eigenvalue weighted by Crippen LogP contribution is -2.18. The number of hydrazone groups is 1. The van der Waals surface area contributed by atoms with Crippen LogP contribution in [0.25, 0.3) is 0 Å². The van der Waals surface area contributed by atoms with Gasteiger partial charge in [0.25, 0.3) is 5.91 Å². The second-order valence-electron chi connectivity index (χ2n) is 5.66. The molecule has 0 radical (unpaired) electrons. The minimum absolute atomic E-state index is 0.176. The Kier molecular flexibility index (Phi) is 5.68. The number of amides is 2. The highest BCUT2D eigenvalue weighted by molar-refractivity contribution is 6.30. The van der Waals surface area contributed by atoms with Gasteiger partial charge in [-0.05, 0) is 61.0 Å². The van der Waals surface area contributed by atoms with Crippen LogP contribution in [0.15, 0.2) is 76.4 Å². The van der Waals surface area contributed by atoms with E-state index in [-0.39, 0.29) is 11.7 Å². The molecule has 2 amide bonds. The molecule has 3 aromatic rings. The van der Waals surface area contributed by atoms with Gasteiger partial charge in [0.2, 0.25) is 0 Å². The van der Waals surface area contributed by atoms with E-state index in [0.29, 0.717) is 22.0 Å². The fraction of sp³-hybridized carbons (Fsp3) is 0.0500. The van der Waals surface area contributed by atoms with E-state index in [4.69, 9.17) is 16.0 Å². The van der Waals surface area contributed by atoms with E-state index >= 15 is 0 Å². The molecule has 3 rings (SSSR count). The summed E-state index contributed by atoms with van der Waals surface area (Å²) in [7, 11) is 0. The summed E-state index contributed by atoms with van der Waals surface area (Å²) in [5, 5.41) is 7.46. The number of hydrogen-bond donors (Lipinski definition) is 2. The third kappa shape index (κ3) is 4.83. The van der Waals surface area contributed by atoms with Gasteiger partial charge in [0, 0.05) is 16.3 Å². The van der Waals surface area contributed by atoms with Crippen LogP contribution in [-0.4, -0.2) is 17.5 Å². The molecule has 7 heteroatoms. The summed E-state index contributed by atoms with van der Waals surface area (Å²) < 4.78 is 5.01. The van der Waals surface area contributed by atoms with E-state index in [9.17, 15) is 9.59 Å². The number of hydrogen-bond acceptors (Lipinski definition) is 4. The average molecular weight is 382 g/mol. The fourth-order valence-corrected chi connectivity index (χ4v) is 2.41. The van der Waals surface area contributed by atoms with Crippen LogP contribution >= 0.6 is 11.6 Å². The second-order valence-corrected chi connectivity index (χ2v) is 6.09. The molecule has 1 aromatic heterocycles. The number of carbonyl (C=O) groups excluding carboxylic acids is 2. The average Bonchev–Trinajstić information content (AvgIpc) is 3.21. The monoisotopic (exact) mass is 381 g/mol. The first kappa shape index (κ1) is 18.4. The van der Waals surface area contributed by atoms with Gasteiger partial charge in [0.15, 0.2) is 5.76 Å². The summed E-state index contributed by atoms with van der Waals surface area (Å²) in [6.07, 6.45) is 1.42. The Labute approximate surface area is 160 Å². The van der Waals surface area contributed by atoms with Crippen molar-refractivity contribution in [2.45, 2.75) is 6.92 Å². The summed E-state index contributed by atoms with van der Waals surface area (Å²) in [6, 6.07) is 17.0. The molecule has 0 unspecified atom stereocenters. The topological polar surface area (TPSA) is 83.7 Å². The van der Waals surface area contributed by atoms with Crippen molar-refractivity contribution >= 4 is 34.8 Å². The van der Waals surface area contributed by atoms with Crippen LogP contribution in [-0.2, 0) is 0 Å². The number of rotatable bonds is 5. The zero-order chi connectivity index (χ0) is 19.2. The van der Waals surface area contributed by atoms with Gasteiger partial charge in [-0.3, -0.25) is 9.59 Å². The molecule has 0 saturated carbocycles. The van der Waals surface area contributed by atoms with Crippen molar-refractivity contribution in [3.63, 3.8) is 0 Å². The zero-order valence-corrected chi connectivity index (χ0v) is 15.2. The molecule has 136 valence electrons. The summed E-state index contributed by atoms with van der Waals surface area (Å²) in [5.74, 6) is -0.508. The Hall–Kier alpha value is -3.38. The van der Waals surface area contributed by atoms with E-state index in [1.807, 2.05) is 6.07 Å². The number of furan rings is 1. The van der Waals surface area contributed by atoms with Crippen molar-refractivity contribution in [2.75, 3.05) is 5.32 Å². The van der Waals surface area contributed by atoms with Crippen molar-refractivity contribution in [1.82, 2.24) is 5.43 Å². The number of halogens is 1. The number of anilines is 1. The number of carbonyl (C=O) groups is 2. The highest BCUT2D eigenvalue weighted by Gasteiger charge is 2.09. The van der Waals surface area contributed by atoms with E-state index < -0.39 is 5.91 Å². The Morgan fingerprint density at radius 1 is 0.963 bits per heavy atom. The largest absolute Gasteiger partial charge is 0.459 e. The smallest absolute Gasteiger partial charge is 0.307 e. The Bertz CT molecular complexity index is 980. The highest BCUT2D eigenvalue weighted by Crippen LogP contribution is 2.15. The molecule has 0 atom stereocenters. The molecule has 2 aromatic carbocycles. The number of nitrogens with one attached hydrogen (secondary N) is 2. The minimum Gasteiger partial charge on any atom is -0.459 e. The van der Waals surface area contributed by atoms with Gasteiger partial charge in [-0.15, -0.1) is 0 Å². The molecule has 0 fully saturated rings. The lowest BCUT2D eigenvalue weighted by Gasteiger charge is -2.08. The molecule has 6 nitrogen and oxygen atoms in total. The van der Waals surface area contributed by atoms with Gasteiger partial charge in [-0.1, -0.05) is 23.7 Å². The van der Waals surface area contributed by atoms with E-state index in [1.54, 1.807) is 61.5 Å². The Morgan fingerprint density at radius 3 is 2.44 bits per heavy atom. The van der Waals surface area contributed by atoms with Crippen molar-refractivity contribution < 1.29 is 14.0 Å². The van der Waals surface area contributed by atoms with Crippen LogP contribution in [0.1, 0.15) is 33.4 Å². The molecule has 0 aliphatic carbocycles. The lowest BCUT2D eigenvalue weighted by molar-refractivity contribution is 0.0926.